The Morgan fingerprint density at radius 3 is 2.71 bits per heavy atom. The van der Waals surface area contributed by atoms with E-state index in [4.69, 9.17) is 0 Å². The fourth-order valence-corrected chi connectivity index (χ4v) is 4.30. The fourth-order valence-electron chi connectivity index (χ4n) is 4.30. The highest BCUT2D eigenvalue weighted by molar-refractivity contribution is 6.04. The smallest absolute Gasteiger partial charge is 0.241 e. The summed E-state index contributed by atoms with van der Waals surface area (Å²) in [6.07, 6.45) is 2.22. The Morgan fingerprint density at radius 1 is 1.18 bits per heavy atom. The van der Waals surface area contributed by atoms with Crippen LogP contribution in [-0.4, -0.2) is 35.8 Å². The van der Waals surface area contributed by atoms with Crippen LogP contribution in [0.5, 0.6) is 0 Å². The minimum atomic E-state index is -0.253. The minimum Gasteiger partial charge on any atom is -0.324 e. The van der Waals surface area contributed by atoms with Gasteiger partial charge >= 0.3 is 0 Å². The van der Waals surface area contributed by atoms with Crippen molar-refractivity contribution in [3.05, 3.63) is 59.9 Å². The van der Waals surface area contributed by atoms with Crippen molar-refractivity contribution in [1.82, 2.24) is 4.90 Å². The maximum atomic E-state index is 13.3. The topological polar surface area (TPSA) is 52.7 Å². The third kappa shape index (κ3) is 3.64. The molecule has 1 N–H and O–H groups in total. The zero-order valence-corrected chi connectivity index (χ0v) is 15.9. The Morgan fingerprint density at radius 2 is 1.93 bits per heavy atom. The highest BCUT2D eigenvalue weighted by Crippen LogP contribution is 2.34. The van der Waals surface area contributed by atoms with Crippen molar-refractivity contribution in [3.8, 4) is 0 Å². The standard InChI is InChI=1S/C22H24FN3O2/c1-15-13-21(27)24-18-5-2-3-6-20(18)26(15)22(28)14-25-12-4-7-19(25)16-8-10-17(23)11-9-16/h2-3,5-6,8-11,15,19H,4,7,12-14H2,1H3,(H,24,27). The predicted molar refractivity (Wildman–Crippen MR) is 107 cm³/mol. The Hall–Kier alpha value is -2.73. The SMILES string of the molecule is CC1CC(=O)Nc2ccccc2N1C(=O)CN1CCCC1c1ccc(F)cc1. The van der Waals surface area contributed by atoms with Crippen molar-refractivity contribution < 1.29 is 14.0 Å². The van der Waals surface area contributed by atoms with E-state index < -0.39 is 0 Å². The number of nitrogens with one attached hydrogen (secondary N) is 1. The van der Waals surface area contributed by atoms with E-state index >= 15 is 0 Å². The van der Waals surface area contributed by atoms with E-state index in [0.29, 0.717) is 5.69 Å². The highest BCUT2D eigenvalue weighted by Gasteiger charge is 2.33. The lowest BCUT2D eigenvalue weighted by molar-refractivity contribution is -0.120. The average molecular weight is 381 g/mol. The molecule has 6 heteroatoms. The number of benzene rings is 2. The first kappa shape index (κ1) is 18.6. The molecule has 2 unspecified atom stereocenters. The quantitative estimate of drug-likeness (QED) is 0.882. The van der Waals surface area contributed by atoms with Crippen molar-refractivity contribution in [2.75, 3.05) is 23.3 Å². The number of amides is 2. The van der Waals surface area contributed by atoms with Crippen molar-refractivity contribution in [2.24, 2.45) is 0 Å². The summed E-state index contributed by atoms with van der Waals surface area (Å²) in [5.41, 5.74) is 2.44. The van der Waals surface area contributed by atoms with Crippen molar-refractivity contribution >= 4 is 23.2 Å². The lowest BCUT2D eigenvalue weighted by Crippen LogP contribution is -2.45. The van der Waals surface area contributed by atoms with Gasteiger partial charge in [0.05, 0.1) is 17.9 Å². The summed E-state index contributed by atoms with van der Waals surface area (Å²) in [5, 5.41) is 2.89. The molecule has 2 aliphatic rings. The van der Waals surface area contributed by atoms with Gasteiger partial charge in [0.15, 0.2) is 0 Å². The van der Waals surface area contributed by atoms with Gasteiger partial charge in [0.1, 0.15) is 5.82 Å². The first-order valence-electron chi connectivity index (χ1n) is 9.73. The molecule has 2 aromatic carbocycles. The number of halogens is 1. The maximum Gasteiger partial charge on any atom is 0.241 e. The summed E-state index contributed by atoms with van der Waals surface area (Å²) < 4.78 is 13.3. The molecule has 0 aromatic heterocycles. The van der Waals surface area contributed by atoms with Gasteiger partial charge in [0.25, 0.3) is 0 Å². The zero-order valence-electron chi connectivity index (χ0n) is 15.9. The van der Waals surface area contributed by atoms with Crippen LogP contribution < -0.4 is 10.2 Å². The number of nitrogens with zero attached hydrogens (tertiary/aromatic N) is 2. The number of likely N-dealkylation sites (tertiary alicyclic amines) is 1. The van der Waals surface area contributed by atoms with Crippen molar-refractivity contribution in [2.45, 2.75) is 38.3 Å². The Bertz CT molecular complexity index is 884. The molecular weight excluding hydrogens is 357 g/mol. The second-order valence-electron chi connectivity index (χ2n) is 7.56. The van der Waals surface area contributed by atoms with Gasteiger partial charge in [0.2, 0.25) is 11.8 Å². The Labute approximate surface area is 164 Å². The van der Waals surface area contributed by atoms with Gasteiger partial charge in [-0.1, -0.05) is 24.3 Å². The number of rotatable bonds is 3. The molecule has 0 spiro atoms. The number of carbonyl (C=O) groups is 2. The molecular formula is C22H24FN3O2. The maximum absolute atomic E-state index is 13.3. The first-order chi connectivity index (χ1) is 13.5. The molecule has 146 valence electrons. The molecule has 2 aromatic rings. The number of para-hydroxylation sites is 2. The molecule has 0 saturated carbocycles. The number of hydrogen-bond donors (Lipinski definition) is 1. The third-order valence-electron chi connectivity index (χ3n) is 5.58. The summed E-state index contributed by atoms with van der Waals surface area (Å²) in [6.45, 7) is 3.00. The molecule has 2 atom stereocenters. The monoisotopic (exact) mass is 381 g/mol. The van der Waals surface area contributed by atoms with E-state index in [1.54, 1.807) is 17.0 Å². The zero-order chi connectivity index (χ0) is 19.7. The summed E-state index contributed by atoms with van der Waals surface area (Å²) in [7, 11) is 0. The van der Waals surface area contributed by atoms with Gasteiger partial charge < -0.3 is 10.2 Å². The van der Waals surface area contributed by atoms with E-state index in [1.165, 1.54) is 12.1 Å². The van der Waals surface area contributed by atoms with Crippen molar-refractivity contribution in [3.63, 3.8) is 0 Å². The second-order valence-corrected chi connectivity index (χ2v) is 7.56. The van der Waals surface area contributed by atoms with Crippen LogP contribution in [0, 0.1) is 5.82 Å². The largest absolute Gasteiger partial charge is 0.324 e. The first-order valence-corrected chi connectivity index (χ1v) is 9.73. The van der Waals surface area contributed by atoms with E-state index in [1.807, 2.05) is 31.2 Å². The average Bonchev–Trinajstić information content (AvgIpc) is 3.06. The number of fused-ring (bicyclic) bond motifs is 1. The minimum absolute atomic E-state index is 0.0227. The van der Waals surface area contributed by atoms with Crippen LogP contribution in [0.4, 0.5) is 15.8 Å². The molecule has 4 rings (SSSR count). The Kier molecular flexibility index (Phi) is 5.13. The lowest BCUT2D eigenvalue weighted by atomic mass is 10.0. The van der Waals surface area contributed by atoms with E-state index in [2.05, 4.69) is 10.2 Å². The van der Waals surface area contributed by atoms with Crippen molar-refractivity contribution in [1.29, 1.82) is 0 Å². The summed E-state index contributed by atoms with van der Waals surface area (Å²) in [4.78, 5) is 29.3. The van der Waals surface area contributed by atoms with Crippen LogP contribution in [0.1, 0.15) is 37.8 Å². The highest BCUT2D eigenvalue weighted by atomic mass is 19.1. The van der Waals surface area contributed by atoms with Gasteiger partial charge in [-0.05, 0) is 56.1 Å². The fraction of sp³-hybridized carbons (Fsp3) is 0.364. The van der Waals surface area contributed by atoms with Crippen LogP contribution in [0.15, 0.2) is 48.5 Å². The molecule has 1 saturated heterocycles. The summed E-state index contributed by atoms with van der Waals surface area (Å²) in [6, 6.07) is 13.9. The number of carbonyl (C=O) groups excluding carboxylic acids is 2. The van der Waals surface area contributed by atoms with Gasteiger partial charge in [-0.2, -0.15) is 0 Å². The summed E-state index contributed by atoms with van der Waals surface area (Å²) >= 11 is 0. The molecule has 5 nitrogen and oxygen atoms in total. The van der Waals surface area contributed by atoms with Crippen LogP contribution in [-0.2, 0) is 9.59 Å². The number of hydrogen-bond acceptors (Lipinski definition) is 3. The number of anilines is 2. The van der Waals surface area contributed by atoms with E-state index in [9.17, 15) is 14.0 Å². The predicted octanol–water partition coefficient (Wildman–Crippen LogP) is 3.73. The van der Waals surface area contributed by atoms with Crippen LogP contribution in [0.25, 0.3) is 0 Å². The van der Waals surface area contributed by atoms with Crippen LogP contribution in [0.3, 0.4) is 0 Å². The molecule has 0 radical (unpaired) electrons. The molecule has 28 heavy (non-hydrogen) atoms. The van der Waals surface area contributed by atoms with E-state index in [0.717, 1.165) is 30.6 Å². The molecule has 0 aliphatic carbocycles. The normalized spacial score (nSPS) is 22.5. The molecule has 0 bridgehead atoms. The molecule has 2 aliphatic heterocycles. The third-order valence-corrected chi connectivity index (χ3v) is 5.58. The summed E-state index contributed by atoms with van der Waals surface area (Å²) in [5.74, 6) is -0.359. The van der Waals surface area contributed by atoms with E-state index in [-0.39, 0.29) is 42.7 Å². The van der Waals surface area contributed by atoms with Gasteiger partial charge in [-0.25, -0.2) is 4.39 Å². The molecule has 1 fully saturated rings. The van der Waals surface area contributed by atoms with Gasteiger partial charge in [-0.15, -0.1) is 0 Å². The second kappa shape index (κ2) is 7.72. The molecule has 2 heterocycles. The molecule has 2 amide bonds. The van der Waals surface area contributed by atoms with Crippen LogP contribution >= 0.6 is 0 Å². The van der Waals surface area contributed by atoms with Gasteiger partial charge in [0, 0.05) is 18.5 Å². The lowest BCUT2D eigenvalue weighted by Gasteiger charge is -2.31. The van der Waals surface area contributed by atoms with Crippen LogP contribution in [0.2, 0.25) is 0 Å². The van der Waals surface area contributed by atoms with Gasteiger partial charge in [-0.3, -0.25) is 14.5 Å². The Balaban J connectivity index is 1.57.